The van der Waals surface area contributed by atoms with Gasteiger partial charge >= 0.3 is 0 Å². The smallest absolute Gasteiger partial charge is 0.243 e. The molecule has 2 saturated heterocycles. The number of hydroxylamine groups is 3. The minimum absolute atomic E-state index is 0.0737. The van der Waals surface area contributed by atoms with Crippen molar-refractivity contribution in [1.82, 2.24) is 20.7 Å². The number of aryl methyl sites for hydroxylation is 1. The molecule has 0 aliphatic carbocycles. The fraction of sp³-hybridized carbons (Fsp3) is 0.578. The fourth-order valence-corrected chi connectivity index (χ4v) is 10.0. The highest BCUT2D eigenvalue weighted by molar-refractivity contribution is 5.94. The number of carbonyl (C=O) groups is 2. The van der Waals surface area contributed by atoms with E-state index in [1.807, 2.05) is 65.2 Å². The summed E-state index contributed by atoms with van der Waals surface area (Å²) < 4.78 is 0. The summed E-state index contributed by atoms with van der Waals surface area (Å²) in [6, 6.07) is 20.7. The number of hydrogen-bond acceptors (Lipinski definition) is 12. The number of hydrogen-bond donors (Lipinski definition) is 3. The number of hydrazine groups is 1. The molecule has 77 heavy (non-hydrogen) atoms. The van der Waals surface area contributed by atoms with E-state index >= 15 is 0 Å². The Labute approximate surface area is 467 Å². The van der Waals surface area contributed by atoms with Gasteiger partial charge in [0.05, 0.1) is 43.9 Å². The van der Waals surface area contributed by atoms with Gasteiger partial charge in [-0.2, -0.15) is 0 Å². The lowest BCUT2D eigenvalue weighted by molar-refractivity contribution is -0.131. The molecule has 6 rings (SSSR count). The Bertz CT molecular complexity index is 2210. The minimum Gasteiger partial charge on any atom is -0.321 e. The van der Waals surface area contributed by atoms with Gasteiger partial charge in [-0.15, -0.1) is 0 Å². The molecule has 3 heterocycles. The standard InChI is InChI=1S/C30H36N4O.C16H25N3O4.C14H31N.2C2H6/c1-21(20-34-15-12-26(13-16-34)25-7-5-24(6-8-25)23(3)35)17-22(2)29(11-14-31-4)27-9-10-30-28(18-27)19-32-33-30;1-5-12-6-8-14(15(10-12)18(2)21-3)19(22-4)13-7-9-16(20)17-23-11-13;1-5-9-14(10-6-2)13-15(11-7-3)12-8-4;2*1-2/h5-11,14,17-18,26,32-33H,2,12-13,15-16,19-20H2,1,3-4H3;6,8,10,13H,5,7,9,11H2,1-4H3,(H,17,20);14H,5-13H2,1-4H3;2*1-2H3/b21-17+,29-11+,31-14?;;;;. The number of fused-ring (bicyclic) bond motifs is 1. The highest BCUT2D eigenvalue weighted by Gasteiger charge is 2.27. The van der Waals surface area contributed by atoms with E-state index < -0.39 is 0 Å². The van der Waals surface area contributed by atoms with Crippen molar-refractivity contribution in [2.75, 3.05) is 89.7 Å². The Morgan fingerprint density at radius 3 is 2.08 bits per heavy atom. The van der Waals surface area contributed by atoms with Crippen molar-refractivity contribution in [2.24, 2.45) is 10.9 Å². The molecule has 0 saturated carbocycles. The first-order valence-electron chi connectivity index (χ1n) is 29.1. The van der Waals surface area contributed by atoms with Crippen molar-refractivity contribution >= 4 is 40.5 Å². The van der Waals surface area contributed by atoms with Gasteiger partial charge in [-0.3, -0.25) is 39.1 Å². The van der Waals surface area contributed by atoms with Crippen molar-refractivity contribution in [1.29, 1.82) is 0 Å². The van der Waals surface area contributed by atoms with Crippen LogP contribution >= 0.6 is 0 Å². The molecule has 3 aromatic rings. The number of likely N-dealkylation sites (tertiary alicyclic amines) is 1. The third-order valence-corrected chi connectivity index (χ3v) is 13.9. The molecule has 13 heteroatoms. The highest BCUT2D eigenvalue weighted by Crippen LogP contribution is 2.34. The van der Waals surface area contributed by atoms with E-state index in [2.05, 4.69) is 128 Å². The second-order valence-corrected chi connectivity index (χ2v) is 19.7. The van der Waals surface area contributed by atoms with Crippen LogP contribution in [0.1, 0.15) is 179 Å². The number of nitrogens with one attached hydrogen (secondary N) is 3. The lowest BCUT2D eigenvalue weighted by atomic mass is 9.88. The number of allylic oxidation sites excluding steroid dienone is 4. The number of nitrogens with zero attached hydrogens (tertiary/aromatic N) is 5. The fourth-order valence-electron chi connectivity index (χ4n) is 10.0. The van der Waals surface area contributed by atoms with Gasteiger partial charge in [0.25, 0.3) is 0 Å². The van der Waals surface area contributed by atoms with Crippen LogP contribution in [0.4, 0.5) is 17.1 Å². The van der Waals surface area contributed by atoms with Gasteiger partial charge in [-0.25, -0.2) is 16.0 Å². The molecule has 430 valence electrons. The van der Waals surface area contributed by atoms with E-state index in [-0.39, 0.29) is 17.7 Å². The predicted molar refractivity (Wildman–Crippen MR) is 328 cm³/mol. The van der Waals surface area contributed by atoms with Gasteiger partial charge in [-0.1, -0.05) is 130 Å². The predicted octanol–water partition coefficient (Wildman–Crippen LogP) is 14.0. The Morgan fingerprint density at radius 1 is 0.857 bits per heavy atom. The van der Waals surface area contributed by atoms with Crippen LogP contribution in [0, 0.1) is 5.92 Å². The maximum Gasteiger partial charge on any atom is 0.243 e. The van der Waals surface area contributed by atoms with Gasteiger partial charge < -0.3 is 10.3 Å². The lowest BCUT2D eigenvalue weighted by Crippen LogP contribution is -2.38. The topological polar surface area (TPSA) is 123 Å². The normalized spacial score (nSPS) is 15.8. The number of carbonyl (C=O) groups excluding carboxylic acids is 2. The minimum atomic E-state index is -0.112. The summed E-state index contributed by atoms with van der Waals surface area (Å²) in [7, 11) is 6.87. The summed E-state index contributed by atoms with van der Waals surface area (Å²) in [5.41, 5.74) is 20.8. The molecule has 2 fully saturated rings. The third-order valence-electron chi connectivity index (χ3n) is 13.9. The second-order valence-electron chi connectivity index (χ2n) is 19.7. The maximum absolute atomic E-state index is 11.5. The molecule has 0 spiro atoms. The molecule has 0 aromatic heterocycles. The van der Waals surface area contributed by atoms with Crippen molar-refractivity contribution in [3.63, 3.8) is 0 Å². The van der Waals surface area contributed by atoms with Crippen LogP contribution in [0.15, 0.2) is 95.5 Å². The molecule has 1 atom stereocenters. The summed E-state index contributed by atoms with van der Waals surface area (Å²) in [6.45, 7) is 35.7. The zero-order chi connectivity index (χ0) is 57.1. The number of piperidine rings is 1. The maximum atomic E-state index is 11.5. The van der Waals surface area contributed by atoms with E-state index in [0.29, 0.717) is 25.4 Å². The summed E-state index contributed by atoms with van der Waals surface area (Å²) in [5, 5.41) is 3.48. The first kappa shape index (κ1) is 68.0. The van der Waals surface area contributed by atoms with E-state index in [4.69, 9.17) is 14.5 Å². The van der Waals surface area contributed by atoms with Crippen molar-refractivity contribution in [3.05, 3.63) is 118 Å². The van der Waals surface area contributed by atoms with Gasteiger partial charge in [0.15, 0.2) is 5.78 Å². The molecule has 3 aliphatic rings. The van der Waals surface area contributed by atoms with Crippen LogP contribution < -0.4 is 26.5 Å². The monoisotopic (exact) mass is 1060 g/mol. The van der Waals surface area contributed by atoms with Crippen molar-refractivity contribution in [3.8, 4) is 0 Å². The molecular weight excluding hydrogens is 961 g/mol. The number of rotatable bonds is 24. The summed E-state index contributed by atoms with van der Waals surface area (Å²) >= 11 is 0. The zero-order valence-electron chi connectivity index (χ0n) is 50.7. The van der Waals surface area contributed by atoms with Crippen molar-refractivity contribution < 1.29 is 24.1 Å². The quantitative estimate of drug-likeness (QED) is 0.0344. The highest BCUT2D eigenvalue weighted by atomic mass is 16.7. The molecule has 3 N–H and O–H groups in total. The molecular formula is C64H104N8O5. The first-order chi connectivity index (χ1) is 37.3. The first-order valence-corrected chi connectivity index (χ1v) is 29.1. The van der Waals surface area contributed by atoms with E-state index in [1.54, 1.807) is 38.3 Å². The van der Waals surface area contributed by atoms with Crippen LogP contribution in [0.5, 0.6) is 0 Å². The van der Waals surface area contributed by atoms with Gasteiger partial charge in [0.1, 0.15) is 0 Å². The molecule has 0 radical (unpaired) electrons. The van der Waals surface area contributed by atoms with Crippen LogP contribution in [-0.2, 0) is 32.3 Å². The molecule has 13 nitrogen and oxygen atoms in total. The van der Waals surface area contributed by atoms with Crippen LogP contribution in [0.2, 0.25) is 0 Å². The summed E-state index contributed by atoms with van der Waals surface area (Å²) in [4.78, 5) is 48.5. The van der Waals surface area contributed by atoms with E-state index in [0.717, 1.165) is 90.7 Å². The molecule has 3 aliphatic heterocycles. The summed E-state index contributed by atoms with van der Waals surface area (Å²) in [5.74, 6) is 1.52. The Hall–Kier alpha value is -5.15. The average Bonchev–Trinajstić information content (AvgIpc) is 3.82. The Kier molecular flexibility index (Phi) is 34.6. The van der Waals surface area contributed by atoms with E-state index in [1.165, 1.54) is 80.4 Å². The molecule has 1 amide bonds. The zero-order valence-corrected chi connectivity index (χ0v) is 50.7. The summed E-state index contributed by atoms with van der Waals surface area (Å²) in [6.07, 6.45) is 18.5. The van der Waals surface area contributed by atoms with Crippen LogP contribution in [0.3, 0.4) is 0 Å². The van der Waals surface area contributed by atoms with Crippen LogP contribution in [0.25, 0.3) is 5.57 Å². The number of anilines is 3. The number of aliphatic imine (C=N–C) groups is 1. The molecule has 0 bridgehead atoms. The number of amides is 1. The number of Topliss-reactive ketones (excluding diaryl/α,β-unsaturated/α-hetero) is 1. The largest absolute Gasteiger partial charge is 0.321 e. The SMILES string of the molecule is C=C(/C=C(\C)CN1CCC(c2ccc(C(C)=O)cc2)CC1)/C(=C\C=NC)c1ccc2c(c1)CNN2.CC.CC.CCCC(CCC)CN(CCC)CCC.CCc1ccc(N(OC)C2CCC(=O)NOC2)c(N(C)OC)c1. The Balaban J connectivity index is 0.000000416. The lowest BCUT2D eigenvalue weighted by Gasteiger charge is -2.33. The van der Waals surface area contributed by atoms with Crippen LogP contribution in [-0.4, -0.2) is 108 Å². The molecule has 3 aromatic carbocycles. The number of benzene rings is 3. The molecule has 1 unspecified atom stereocenters. The third kappa shape index (κ3) is 23.4. The second kappa shape index (κ2) is 39.2. The van der Waals surface area contributed by atoms with E-state index in [9.17, 15) is 9.59 Å². The average molecular weight is 1070 g/mol. The van der Waals surface area contributed by atoms with Gasteiger partial charge in [-0.05, 0) is 167 Å². The number of ketones is 1. The van der Waals surface area contributed by atoms with Gasteiger partial charge in [0.2, 0.25) is 5.91 Å². The Morgan fingerprint density at radius 2 is 1.51 bits per heavy atom. The van der Waals surface area contributed by atoms with Gasteiger partial charge in [0, 0.05) is 51.9 Å². The van der Waals surface area contributed by atoms with Crippen molar-refractivity contribution in [2.45, 2.75) is 165 Å².